The number of ketones is 1. The van der Waals surface area contributed by atoms with Crippen LogP contribution in [0.15, 0.2) is 0 Å². The van der Waals surface area contributed by atoms with Gasteiger partial charge in [0.2, 0.25) is 0 Å². The molecule has 0 saturated carbocycles. The summed E-state index contributed by atoms with van der Waals surface area (Å²) in [6.07, 6.45) is 2.92. The third-order valence-corrected chi connectivity index (χ3v) is 3.26. The molecule has 1 aliphatic heterocycles. The van der Waals surface area contributed by atoms with Crippen molar-refractivity contribution in [1.29, 1.82) is 0 Å². The molecule has 0 aliphatic carbocycles. The molecule has 0 N–H and O–H groups in total. The van der Waals surface area contributed by atoms with Gasteiger partial charge in [0.1, 0.15) is 5.78 Å². The van der Waals surface area contributed by atoms with Crippen molar-refractivity contribution < 1.29 is 9.53 Å². The van der Waals surface area contributed by atoms with E-state index in [-0.39, 0.29) is 0 Å². The molecule has 0 unspecified atom stereocenters. The van der Waals surface area contributed by atoms with Crippen molar-refractivity contribution in [2.75, 3.05) is 24.7 Å². The number of carbonyl (C=O) groups is 1. The lowest BCUT2D eigenvalue weighted by Crippen LogP contribution is -2.19. The van der Waals surface area contributed by atoms with Crippen LogP contribution in [0.4, 0.5) is 0 Å². The van der Waals surface area contributed by atoms with Crippen LogP contribution in [-0.4, -0.2) is 30.5 Å². The number of thioether (sulfide) groups is 1. The van der Waals surface area contributed by atoms with Gasteiger partial charge >= 0.3 is 0 Å². The summed E-state index contributed by atoms with van der Waals surface area (Å²) >= 11 is 1.72. The summed E-state index contributed by atoms with van der Waals surface area (Å²) in [5, 5.41) is 0. The lowest BCUT2D eigenvalue weighted by Gasteiger charge is -2.20. The summed E-state index contributed by atoms with van der Waals surface area (Å²) in [5.41, 5.74) is 0. The van der Waals surface area contributed by atoms with E-state index in [0.29, 0.717) is 17.5 Å². The summed E-state index contributed by atoms with van der Waals surface area (Å²) in [7, 11) is 0. The number of ether oxygens (including phenoxy) is 1. The number of rotatable bonds is 5. The van der Waals surface area contributed by atoms with Crippen LogP contribution >= 0.6 is 11.8 Å². The number of hydrogen-bond donors (Lipinski definition) is 0. The van der Waals surface area contributed by atoms with E-state index in [1.54, 1.807) is 11.8 Å². The largest absolute Gasteiger partial charge is 0.381 e. The van der Waals surface area contributed by atoms with Crippen LogP contribution in [0.25, 0.3) is 0 Å². The first kappa shape index (κ1) is 11.1. The Kier molecular flexibility index (Phi) is 5.47. The first-order valence-electron chi connectivity index (χ1n) is 5.00. The maximum absolute atomic E-state index is 11.4. The zero-order valence-electron chi connectivity index (χ0n) is 8.25. The van der Waals surface area contributed by atoms with Crippen LogP contribution in [0.3, 0.4) is 0 Å². The zero-order chi connectivity index (χ0) is 9.52. The van der Waals surface area contributed by atoms with E-state index in [1.807, 2.05) is 0 Å². The molecule has 1 rings (SSSR count). The highest BCUT2D eigenvalue weighted by molar-refractivity contribution is 7.99. The predicted molar refractivity (Wildman–Crippen MR) is 56.2 cm³/mol. The Morgan fingerprint density at radius 1 is 1.46 bits per heavy atom. The zero-order valence-corrected chi connectivity index (χ0v) is 9.07. The average Bonchev–Trinajstić information content (AvgIpc) is 2.16. The van der Waals surface area contributed by atoms with Gasteiger partial charge in [-0.25, -0.2) is 0 Å². The monoisotopic (exact) mass is 202 g/mol. The minimum absolute atomic E-state index is 0.416. The second-order valence-corrected chi connectivity index (χ2v) is 4.71. The molecule has 1 saturated heterocycles. The van der Waals surface area contributed by atoms with E-state index >= 15 is 0 Å². The fourth-order valence-corrected chi connectivity index (χ4v) is 2.10. The lowest BCUT2D eigenvalue weighted by atomic mass is 9.95. The molecule has 1 aliphatic rings. The first-order chi connectivity index (χ1) is 6.33. The van der Waals surface area contributed by atoms with Crippen molar-refractivity contribution in [1.82, 2.24) is 0 Å². The second-order valence-electron chi connectivity index (χ2n) is 3.44. The molecule has 0 aromatic carbocycles. The van der Waals surface area contributed by atoms with Crippen molar-refractivity contribution in [2.24, 2.45) is 5.92 Å². The molecule has 1 heterocycles. The third-order valence-electron chi connectivity index (χ3n) is 2.32. The van der Waals surface area contributed by atoms with Crippen molar-refractivity contribution >= 4 is 17.5 Å². The van der Waals surface area contributed by atoms with Crippen molar-refractivity contribution in [3.63, 3.8) is 0 Å². The highest BCUT2D eigenvalue weighted by Crippen LogP contribution is 2.19. The highest BCUT2D eigenvalue weighted by atomic mass is 32.2. The van der Waals surface area contributed by atoms with Gasteiger partial charge in [-0.05, 0) is 24.5 Å². The molecule has 2 nitrogen and oxygen atoms in total. The Morgan fingerprint density at radius 2 is 2.15 bits per heavy atom. The molecule has 0 radical (unpaired) electrons. The average molecular weight is 202 g/mol. The molecule has 0 amide bonds. The molecule has 0 spiro atoms. The fraction of sp³-hybridized carbons (Fsp3) is 0.900. The summed E-state index contributed by atoms with van der Waals surface area (Å²) in [6, 6.07) is 0. The maximum atomic E-state index is 11.4. The smallest absolute Gasteiger partial charge is 0.143 e. The van der Waals surface area contributed by atoms with Gasteiger partial charge in [-0.2, -0.15) is 11.8 Å². The van der Waals surface area contributed by atoms with Crippen LogP contribution in [0.5, 0.6) is 0 Å². The van der Waals surface area contributed by atoms with Gasteiger partial charge in [-0.1, -0.05) is 6.92 Å². The molecule has 3 heteroatoms. The normalized spacial score (nSPS) is 18.8. The van der Waals surface area contributed by atoms with Gasteiger partial charge in [0.25, 0.3) is 0 Å². The molecule has 1 fully saturated rings. The molecule has 0 aromatic rings. The van der Waals surface area contributed by atoms with Crippen LogP contribution in [0.2, 0.25) is 0 Å². The fourth-order valence-electron chi connectivity index (χ4n) is 1.55. The van der Waals surface area contributed by atoms with E-state index in [1.165, 1.54) is 0 Å². The number of Topliss-reactive ketones (excluding diaryl/α,β-unsaturated/α-hetero) is 1. The number of carbonyl (C=O) groups excluding carboxylic acids is 1. The Balaban J connectivity index is 2.11. The maximum Gasteiger partial charge on any atom is 0.143 e. The van der Waals surface area contributed by atoms with E-state index in [9.17, 15) is 4.79 Å². The Morgan fingerprint density at radius 3 is 2.77 bits per heavy atom. The Labute approximate surface area is 84.4 Å². The van der Waals surface area contributed by atoms with E-state index in [2.05, 4.69) is 6.92 Å². The second kappa shape index (κ2) is 6.44. The molecule has 0 atom stereocenters. The van der Waals surface area contributed by atoms with Crippen LogP contribution < -0.4 is 0 Å². The summed E-state index contributed by atoms with van der Waals surface area (Å²) < 4.78 is 5.25. The van der Waals surface area contributed by atoms with Crippen molar-refractivity contribution in [3.8, 4) is 0 Å². The van der Waals surface area contributed by atoms with E-state index in [0.717, 1.165) is 38.2 Å². The molecular weight excluding hydrogens is 184 g/mol. The summed E-state index contributed by atoms with van der Waals surface area (Å²) in [4.78, 5) is 11.4. The summed E-state index contributed by atoms with van der Waals surface area (Å²) in [5.74, 6) is 2.75. The van der Waals surface area contributed by atoms with E-state index in [4.69, 9.17) is 4.74 Å². The predicted octanol–water partition coefficient (Wildman–Crippen LogP) is 2.13. The van der Waals surface area contributed by atoms with Gasteiger partial charge in [0.15, 0.2) is 0 Å². The Bertz CT molecular complexity index is 153. The minimum Gasteiger partial charge on any atom is -0.381 e. The highest BCUT2D eigenvalue weighted by Gasteiger charge is 2.16. The van der Waals surface area contributed by atoms with Gasteiger partial charge in [0, 0.05) is 19.6 Å². The SMILES string of the molecule is CCSCC(=O)CC1CCOCC1. The topological polar surface area (TPSA) is 26.3 Å². The molecule has 0 bridgehead atoms. The molecule has 0 aromatic heterocycles. The molecule has 76 valence electrons. The lowest BCUT2D eigenvalue weighted by molar-refractivity contribution is -0.118. The van der Waals surface area contributed by atoms with Crippen molar-refractivity contribution in [2.45, 2.75) is 26.2 Å². The van der Waals surface area contributed by atoms with Gasteiger partial charge in [0.05, 0.1) is 5.75 Å². The minimum atomic E-state index is 0.416. The molecular formula is C10H18O2S. The Hall–Kier alpha value is -0.0200. The first-order valence-corrected chi connectivity index (χ1v) is 6.15. The third kappa shape index (κ3) is 4.67. The van der Waals surface area contributed by atoms with Gasteiger partial charge < -0.3 is 4.74 Å². The van der Waals surface area contributed by atoms with E-state index < -0.39 is 0 Å². The van der Waals surface area contributed by atoms with Gasteiger partial charge in [-0.3, -0.25) is 4.79 Å². The summed E-state index contributed by atoms with van der Waals surface area (Å²) in [6.45, 7) is 3.78. The van der Waals surface area contributed by atoms with Crippen LogP contribution in [0.1, 0.15) is 26.2 Å². The van der Waals surface area contributed by atoms with Crippen LogP contribution in [0, 0.1) is 5.92 Å². The standard InChI is InChI=1S/C10H18O2S/c1-2-13-8-10(11)7-9-3-5-12-6-4-9/h9H,2-8H2,1H3. The molecule has 13 heavy (non-hydrogen) atoms. The van der Waals surface area contributed by atoms with Crippen molar-refractivity contribution in [3.05, 3.63) is 0 Å². The van der Waals surface area contributed by atoms with Crippen LogP contribution in [-0.2, 0) is 9.53 Å². The van der Waals surface area contributed by atoms with Gasteiger partial charge in [-0.15, -0.1) is 0 Å². The number of hydrogen-bond acceptors (Lipinski definition) is 3. The quantitative estimate of drug-likeness (QED) is 0.683.